The number of carbonyl (C=O) groups excluding carboxylic acids is 2. The average Bonchev–Trinajstić information content (AvgIpc) is 3.44. The van der Waals surface area contributed by atoms with E-state index >= 15 is 0 Å². The standard InChI is InChI=1S/C21H21N9O2/c22-19(31)14-2-3-17(25-11-14)30-18(10-16(28-30)13-4-7-23-8-5-13)27-21(32)15-12-26-29-9-1-6-24-20(15)29/h1-3,6,9-13,23H,4-5,7-8H2,(H2,22,31)(H,27,32). The maximum atomic E-state index is 13.1. The normalized spacial score (nSPS) is 14.5. The number of amides is 2. The molecule has 0 bridgehead atoms. The molecule has 4 N–H and O–H groups in total. The topological polar surface area (TPSA) is 145 Å². The molecule has 0 spiro atoms. The fourth-order valence-electron chi connectivity index (χ4n) is 3.81. The fourth-order valence-corrected chi connectivity index (χ4v) is 3.81. The molecular weight excluding hydrogens is 410 g/mol. The minimum Gasteiger partial charge on any atom is -0.366 e. The third kappa shape index (κ3) is 3.69. The van der Waals surface area contributed by atoms with Crippen molar-refractivity contribution in [1.29, 1.82) is 0 Å². The van der Waals surface area contributed by atoms with Crippen LogP contribution in [0.1, 0.15) is 45.2 Å². The van der Waals surface area contributed by atoms with Crippen molar-refractivity contribution in [2.45, 2.75) is 18.8 Å². The summed E-state index contributed by atoms with van der Waals surface area (Å²) in [6.07, 6.45) is 8.11. The second-order valence-electron chi connectivity index (χ2n) is 7.56. The van der Waals surface area contributed by atoms with E-state index in [2.05, 4.69) is 25.7 Å². The molecule has 0 aromatic carbocycles. The van der Waals surface area contributed by atoms with Gasteiger partial charge in [0.25, 0.3) is 5.91 Å². The lowest BCUT2D eigenvalue weighted by Crippen LogP contribution is -2.26. The Hall–Kier alpha value is -4.12. The Morgan fingerprint density at radius 2 is 2.00 bits per heavy atom. The summed E-state index contributed by atoms with van der Waals surface area (Å²) < 4.78 is 3.11. The van der Waals surface area contributed by atoms with Crippen LogP contribution in [0.5, 0.6) is 0 Å². The molecule has 1 saturated heterocycles. The number of fused-ring (bicyclic) bond motifs is 1. The van der Waals surface area contributed by atoms with E-state index < -0.39 is 5.91 Å². The molecule has 5 heterocycles. The number of pyridine rings is 1. The molecular formula is C21H21N9O2. The van der Waals surface area contributed by atoms with Crippen LogP contribution in [0.25, 0.3) is 11.5 Å². The summed E-state index contributed by atoms with van der Waals surface area (Å²) in [6, 6.07) is 6.84. The number of anilines is 1. The number of nitrogens with two attached hydrogens (primary N) is 1. The Morgan fingerprint density at radius 1 is 1.16 bits per heavy atom. The third-order valence-corrected chi connectivity index (χ3v) is 5.50. The van der Waals surface area contributed by atoms with Gasteiger partial charge in [-0.25, -0.2) is 14.5 Å². The highest BCUT2D eigenvalue weighted by molar-refractivity contribution is 6.07. The van der Waals surface area contributed by atoms with Crippen LogP contribution in [0.2, 0.25) is 0 Å². The van der Waals surface area contributed by atoms with Crippen LogP contribution >= 0.6 is 0 Å². The summed E-state index contributed by atoms with van der Waals surface area (Å²) >= 11 is 0. The van der Waals surface area contributed by atoms with Gasteiger partial charge in [-0.3, -0.25) is 9.59 Å². The molecule has 0 radical (unpaired) electrons. The number of aromatic nitrogens is 6. The number of nitrogens with zero attached hydrogens (tertiary/aromatic N) is 6. The van der Waals surface area contributed by atoms with Gasteiger partial charge in [-0.05, 0) is 44.1 Å². The molecule has 0 saturated carbocycles. The molecule has 0 unspecified atom stereocenters. The SMILES string of the molecule is NC(=O)c1ccc(-n2nc(C3CCNCC3)cc2NC(=O)c2cnn3cccnc23)nc1. The molecule has 2 amide bonds. The van der Waals surface area contributed by atoms with E-state index in [1.165, 1.54) is 16.9 Å². The van der Waals surface area contributed by atoms with Gasteiger partial charge in [-0.1, -0.05) is 0 Å². The van der Waals surface area contributed by atoms with Gasteiger partial charge in [0, 0.05) is 30.6 Å². The second-order valence-corrected chi connectivity index (χ2v) is 7.56. The summed E-state index contributed by atoms with van der Waals surface area (Å²) in [5, 5.41) is 15.2. The predicted octanol–water partition coefficient (Wildman–Crippen LogP) is 1.13. The van der Waals surface area contributed by atoms with Crippen molar-refractivity contribution in [3.63, 3.8) is 0 Å². The Morgan fingerprint density at radius 3 is 2.75 bits per heavy atom. The number of piperidine rings is 1. The summed E-state index contributed by atoms with van der Waals surface area (Å²) in [6.45, 7) is 1.83. The smallest absolute Gasteiger partial charge is 0.262 e. The van der Waals surface area contributed by atoms with E-state index in [-0.39, 0.29) is 11.8 Å². The minimum absolute atomic E-state index is 0.275. The lowest BCUT2D eigenvalue weighted by molar-refractivity contribution is 0.0997. The molecule has 1 fully saturated rings. The first-order valence-electron chi connectivity index (χ1n) is 10.3. The van der Waals surface area contributed by atoms with Gasteiger partial charge in [0.1, 0.15) is 11.4 Å². The highest BCUT2D eigenvalue weighted by Crippen LogP contribution is 2.28. The fraction of sp³-hybridized carbons (Fsp3) is 0.238. The Balaban J connectivity index is 1.51. The van der Waals surface area contributed by atoms with Crippen molar-refractivity contribution in [2.75, 3.05) is 18.4 Å². The van der Waals surface area contributed by atoms with Gasteiger partial charge >= 0.3 is 0 Å². The van der Waals surface area contributed by atoms with Crippen LogP contribution in [-0.4, -0.2) is 54.3 Å². The molecule has 0 atom stereocenters. The number of hydrogen-bond acceptors (Lipinski definition) is 7. The zero-order chi connectivity index (χ0) is 22.1. The highest BCUT2D eigenvalue weighted by atomic mass is 16.2. The second kappa shape index (κ2) is 8.19. The summed E-state index contributed by atoms with van der Waals surface area (Å²) in [5.74, 6) is 0.290. The van der Waals surface area contributed by atoms with Crippen molar-refractivity contribution in [1.82, 2.24) is 34.7 Å². The van der Waals surface area contributed by atoms with Crippen LogP contribution in [0.3, 0.4) is 0 Å². The van der Waals surface area contributed by atoms with Gasteiger partial charge in [0.15, 0.2) is 11.5 Å². The number of rotatable bonds is 5. The van der Waals surface area contributed by atoms with Gasteiger partial charge in [-0.2, -0.15) is 14.9 Å². The van der Waals surface area contributed by atoms with Gasteiger partial charge in [0.05, 0.1) is 17.5 Å². The largest absolute Gasteiger partial charge is 0.366 e. The molecule has 1 aliphatic rings. The lowest BCUT2D eigenvalue weighted by atomic mass is 9.95. The van der Waals surface area contributed by atoms with Gasteiger partial charge in [-0.15, -0.1) is 0 Å². The van der Waals surface area contributed by atoms with Crippen LogP contribution in [0, 0.1) is 0 Å². The maximum absolute atomic E-state index is 13.1. The van der Waals surface area contributed by atoms with E-state index in [4.69, 9.17) is 10.8 Å². The van der Waals surface area contributed by atoms with Crippen molar-refractivity contribution in [3.05, 3.63) is 65.9 Å². The van der Waals surface area contributed by atoms with Crippen LogP contribution in [0.4, 0.5) is 5.82 Å². The molecule has 4 aromatic rings. The van der Waals surface area contributed by atoms with Crippen molar-refractivity contribution in [3.8, 4) is 5.82 Å². The van der Waals surface area contributed by atoms with E-state index in [0.717, 1.165) is 31.6 Å². The summed E-state index contributed by atoms with van der Waals surface area (Å²) in [7, 11) is 0. The molecule has 11 heteroatoms. The Kier molecular flexibility index (Phi) is 5.07. The Labute approximate surface area is 182 Å². The van der Waals surface area contributed by atoms with Crippen LogP contribution in [0.15, 0.2) is 49.1 Å². The molecule has 1 aliphatic heterocycles. The first-order valence-corrected chi connectivity index (χ1v) is 10.3. The monoisotopic (exact) mass is 431 g/mol. The highest BCUT2D eigenvalue weighted by Gasteiger charge is 2.23. The molecule has 162 valence electrons. The van der Waals surface area contributed by atoms with Gasteiger partial charge in [0.2, 0.25) is 5.91 Å². The predicted molar refractivity (Wildman–Crippen MR) is 116 cm³/mol. The van der Waals surface area contributed by atoms with Crippen molar-refractivity contribution >= 4 is 23.3 Å². The third-order valence-electron chi connectivity index (χ3n) is 5.50. The lowest BCUT2D eigenvalue weighted by Gasteiger charge is -2.20. The van der Waals surface area contributed by atoms with E-state index in [9.17, 15) is 9.59 Å². The zero-order valence-electron chi connectivity index (χ0n) is 17.1. The van der Waals surface area contributed by atoms with E-state index in [1.807, 2.05) is 6.07 Å². The summed E-state index contributed by atoms with van der Waals surface area (Å²) in [5.41, 5.74) is 7.29. The minimum atomic E-state index is -0.561. The molecule has 4 aromatic heterocycles. The number of hydrogen-bond donors (Lipinski definition) is 3. The van der Waals surface area contributed by atoms with E-state index in [0.29, 0.717) is 28.4 Å². The first-order chi connectivity index (χ1) is 15.6. The zero-order valence-corrected chi connectivity index (χ0v) is 17.1. The molecule has 5 rings (SSSR count). The number of primary amides is 1. The van der Waals surface area contributed by atoms with Crippen LogP contribution < -0.4 is 16.4 Å². The quantitative estimate of drug-likeness (QED) is 0.429. The number of carbonyl (C=O) groups is 2. The maximum Gasteiger partial charge on any atom is 0.262 e. The summed E-state index contributed by atoms with van der Waals surface area (Å²) in [4.78, 5) is 33.0. The van der Waals surface area contributed by atoms with Crippen molar-refractivity contribution < 1.29 is 9.59 Å². The first kappa shape index (κ1) is 19.8. The van der Waals surface area contributed by atoms with Crippen LogP contribution in [-0.2, 0) is 0 Å². The molecule has 32 heavy (non-hydrogen) atoms. The van der Waals surface area contributed by atoms with Gasteiger partial charge < -0.3 is 16.4 Å². The average molecular weight is 431 g/mol. The van der Waals surface area contributed by atoms with E-state index in [1.54, 1.807) is 35.3 Å². The number of nitrogens with one attached hydrogen (secondary N) is 2. The Bertz CT molecular complexity index is 1290. The van der Waals surface area contributed by atoms with Crippen molar-refractivity contribution in [2.24, 2.45) is 5.73 Å². The molecule has 0 aliphatic carbocycles. The molecule has 11 nitrogen and oxygen atoms in total.